The predicted molar refractivity (Wildman–Crippen MR) is 55.9 cm³/mol. The Morgan fingerprint density at radius 1 is 1.23 bits per heavy atom. The number of benzene rings is 1. The second kappa shape index (κ2) is 4.38. The molecule has 0 unspecified atom stereocenters. The standard InChI is InChI=1S/C8H8Cl3NO/c9-5-3-4(1-2-12)6(10)8(13)7(5)11/h3,13H,1-2,12H2. The molecule has 1 aromatic carbocycles. The van der Waals surface area contributed by atoms with Crippen molar-refractivity contribution in [2.75, 3.05) is 6.54 Å². The summed E-state index contributed by atoms with van der Waals surface area (Å²) in [4.78, 5) is 0. The van der Waals surface area contributed by atoms with Crippen LogP contribution in [-0.4, -0.2) is 11.7 Å². The molecule has 0 heterocycles. The SMILES string of the molecule is NCCc1cc(Cl)c(Cl)c(O)c1Cl. The molecule has 1 aromatic rings. The first kappa shape index (κ1) is 10.9. The fourth-order valence-electron chi connectivity index (χ4n) is 0.979. The molecular formula is C8H8Cl3NO. The lowest BCUT2D eigenvalue weighted by molar-refractivity contribution is 0.475. The van der Waals surface area contributed by atoms with Crippen molar-refractivity contribution in [1.29, 1.82) is 0 Å². The minimum absolute atomic E-state index is 0.0763. The van der Waals surface area contributed by atoms with Crippen LogP contribution in [0, 0.1) is 0 Å². The fraction of sp³-hybridized carbons (Fsp3) is 0.250. The van der Waals surface area contributed by atoms with E-state index in [0.29, 0.717) is 18.5 Å². The Bertz CT molecular complexity index is 328. The van der Waals surface area contributed by atoms with E-state index >= 15 is 0 Å². The van der Waals surface area contributed by atoms with Crippen LogP contribution in [0.1, 0.15) is 5.56 Å². The van der Waals surface area contributed by atoms with E-state index in [0.717, 1.165) is 0 Å². The third kappa shape index (κ3) is 2.20. The Kier molecular flexibility index (Phi) is 3.68. The zero-order valence-electron chi connectivity index (χ0n) is 6.65. The molecule has 0 aromatic heterocycles. The van der Waals surface area contributed by atoms with Gasteiger partial charge < -0.3 is 10.8 Å². The van der Waals surface area contributed by atoms with Crippen molar-refractivity contribution in [3.63, 3.8) is 0 Å². The summed E-state index contributed by atoms with van der Waals surface area (Å²) in [5.41, 5.74) is 6.06. The Balaban J connectivity index is 3.24. The molecule has 5 heteroatoms. The third-order valence-corrected chi connectivity index (χ3v) is 2.82. The topological polar surface area (TPSA) is 46.2 Å². The number of nitrogens with two attached hydrogens (primary N) is 1. The van der Waals surface area contributed by atoms with Crippen molar-refractivity contribution in [3.05, 3.63) is 26.7 Å². The molecule has 0 bridgehead atoms. The first-order valence-corrected chi connectivity index (χ1v) is 4.76. The van der Waals surface area contributed by atoms with E-state index < -0.39 is 0 Å². The average molecular weight is 241 g/mol. The highest BCUT2D eigenvalue weighted by Crippen LogP contribution is 2.39. The van der Waals surface area contributed by atoms with Crippen LogP contribution in [0.5, 0.6) is 5.75 Å². The van der Waals surface area contributed by atoms with E-state index in [4.69, 9.17) is 40.5 Å². The summed E-state index contributed by atoms with van der Waals surface area (Å²) in [7, 11) is 0. The summed E-state index contributed by atoms with van der Waals surface area (Å²) < 4.78 is 0. The van der Waals surface area contributed by atoms with Gasteiger partial charge in [-0.1, -0.05) is 34.8 Å². The molecule has 0 spiro atoms. The van der Waals surface area contributed by atoms with Crippen LogP contribution in [0.2, 0.25) is 15.1 Å². The lowest BCUT2D eigenvalue weighted by atomic mass is 10.1. The minimum Gasteiger partial charge on any atom is -0.505 e. The molecule has 0 amide bonds. The fourth-order valence-corrected chi connectivity index (χ4v) is 1.64. The largest absolute Gasteiger partial charge is 0.505 e. The number of phenols is 1. The number of hydrogen-bond acceptors (Lipinski definition) is 2. The average Bonchev–Trinajstić information content (AvgIpc) is 2.11. The highest BCUT2D eigenvalue weighted by atomic mass is 35.5. The Morgan fingerprint density at radius 3 is 2.38 bits per heavy atom. The molecule has 0 saturated heterocycles. The third-order valence-electron chi connectivity index (χ3n) is 1.62. The van der Waals surface area contributed by atoms with Crippen LogP contribution in [0.4, 0.5) is 0 Å². The molecule has 3 N–H and O–H groups in total. The van der Waals surface area contributed by atoms with Crippen molar-refractivity contribution < 1.29 is 5.11 Å². The van der Waals surface area contributed by atoms with E-state index in [1.807, 2.05) is 0 Å². The van der Waals surface area contributed by atoms with E-state index in [9.17, 15) is 5.11 Å². The molecule has 0 saturated carbocycles. The van der Waals surface area contributed by atoms with Crippen molar-refractivity contribution in [2.24, 2.45) is 5.73 Å². The summed E-state index contributed by atoms with van der Waals surface area (Å²) in [5, 5.41) is 9.99. The number of aromatic hydroxyl groups is 1. The van der Waals surface area contributed by atoms with Gasteiger partial charge in [0.15, 0.2) is 5.75 Å². The maximum absolute atomic E-state index is 9.41. The minimum atomic E-state index is -0.181. The highest BCUT2D eigenvalue weighted by Gasteiger charge is 2.12. The molecule has 13 heavy (non-hydrogen) atoms. The van der Waals surface area contributed by atoms with Gasteiger partial charge in [-0.15, -0.1) is 0 Å². The van der Waals surface area contributed by atoms with Crippen molar-refractivity contribution in [3.8, 4) is 5.75 Å². The summed E-state index contributed by atoms with van der Waals surface area (Å²) in [6, 6.07) is 1.61. The van der Waals surface area contributed by atoms with Gasteiger partial charge in [-0.3, -0.25) is 0 Å². The Labute approximate surface area is 91.2 Å². The molecule has 0 aliphatic rings. The van der Waals surface area contributed by atoms with Gasteiger partial charge in [0.05, 0.1) is 10.0 Å². The van der Waals surface area contributed by atoms with Crippen molar-refractivity contribution in [2.45, 2.75) is 6.42 Å². The van der Waals surface area contributed by atoms with Crippen LogP contribution in [-0.2, 0) is 6.42 Å². The van der Waals surface area contributed by atoms with Crippen LogP contribution in [0.15, 0.2) is 6.07 Å². The van der Waals surface area contributed by atoms with E-state index in [2.05, 4.69) is 0 Å². The van der Waals surface area contributed by atoms with E-state index in [-0.39, 0.29) is 20.8 Å². The second-order valence-corrected chi connectivity index (χ2v) is 3.70. The number of hydrogen-bond donors (Lipinski definition) is 2. The second-order valence-electron chi connectivity index (χ2n) is 2.53. The van der Waals surface area contributed by atoms with Crippen LogP contribution >= 0.6 is 34.8 Å². The van der Waals surface area contributed by atoms with Crippen LogP contribution < -0.4 is 5.73 Å². The predicted octanol–water partition coefficient (Wildman–Crippen LogP) is 2.85. The lowest BCUT2D eigenvalue weighted by Crippen LogP contribution is -2.03. The van der Waals surface area contributed by atoms with E-state index in [1.165, 1.54) is 0 Å². The molecule has 0 radical (unpaired) electrons. The molecular weight excluding hydrogens is 232 g/mol. The maximum Gasteiger partial charge on any atom is 0.154 e. The molecule has 72 valence electrons. The normalized spacial score (nSPS) is 10.5. The lowest BCUT2D eigenvalue weighted by Gasteiger charge is -2.07. The van der Waals surface area contributed by atoms with Gasteiger partial charge in [-0.05, 0) is 24.6 Å². The number of rotatable bonds is 2. The number of phenolic OH excluding ortho intramolecular Hbond substituents is 1. The van der Waals surface area contributed by atoms with Crippen molar-refractivity contribution >= 4 is 34.8 Å². The van der Waals surface area contributed by atoms with Crippen molar-refractivity contribution in [1.82, 2.24) is 0 Å². The molecule has 0 aliphatic heterocycles. The summed E-state index contributed by atoms with van der Waals surface area (Å²) in [6.45, 7) is 0.442. The summed E-state index contributed by atoms with van der Waals surface area (Å²) in [6.07, 6.45) is 0.559. The Hall–Kier alpha value is -0.150. The maximum atomic E-state index is 9.41. The first-order chi connectivity index (χ1) is 6.07. The highest BCUT2D eigenvalue weighted by molar-refractivity contribution is 6.45. The molecule has 1 rings (SSSR count). The quantitative estimate of drug-likeness (QED) is 0.781. The van der Waals surface area contributed by atoms with Gasteiger partial charge in [0.1, 0.15) is 5.02 Å². The first-order valence-electron chi connectivity index (χ1n) is 3.63. The zero-order valence-corrected chi connectivity index (χ0v) is 8.92. The van der Waals surface area contributed by atoms with Gasteiger partial charge in [0, 0.05) is 0 Å². The molecule has 0 atom stereocenters. The number of halogens is 3. The van der Waals surface area contributed by atoms with Gasteiger partial charge >= 0.3 is 0 Å². The van der Waals surface area contributed by atoms with E-state index in [1.54, 1.807) is 6.07 Å². The van der Waals surface area contributed by atoms with Crippen LogP contribution in [0.25, 0.3) is 0 Å². The molecule has 2 nitrogen and oxygen atoms in total. The smallest absolute Gasteiger partial charge is 0.154 e. The van der Waals surface area contributed by atoms with Gasteiger partial charge in [0.2, 0.25) is 0 Å². The molecule has 0 fully saturated rings. The van der Waals surface area contributed by atoms with Gasteiger partial charge in [-0.2, -0.15) is 0 Å². The summed E-state index contributed by atoms with van der Waals surface area (Å²) >= 11 is 17.2. The molecule has 0 aliphatic carbocycles. The van der Waals surface area contributed by atoms with Gasteiger partial charge in [0.25, 0.3) is 0 Å². The van der Waals surface area contributed by atoms with Crippen LogP contribution in [0.3, 0.4) is 0 Å². The summed E-state index contributed by atoms with van der Waals surface area (Å²) in [5.74, 6) is -0.181. The monoisotopic (exact) mass is 239 g/mol. The zero-order chi connectivity index (χ0) is 10.0. The Morgan fingerprint density at radius 2 is 1.85 bits per heavy atom. The van der Waals surface area contributed by atoms with Gasteiger partial charge in [-0.25, -0.2) is 0 Å².